The predicted octanol–water partition coefficient (Wildman–Crippen LogP) is 4.89. The average Bonchev–Trinajstić information content (AvgIpc) is 2.53. The van der Waals surface area contributed by atoms with Crippen LogP contribution in [0.4, 0.5) is 0 Å². The molecular weight excluding hydrogens is 317 g/mol. The molecule has 122 valence electrons. The Morgan fingerprint density at radius 1 is 1.23 bits per heavy atom. The molecule has 1 fully saturated rings. The van der Waals surface area contributed by atoms with Crippen LogP contribution in [0.5, 0.6) is 0 Å². The van der Waals surface area contributed by atoms with Gasteiger partial charge in [0.25, 0.3) is 0 Å². The summed E-state index contributed by atoms with van der Waals surface area (Å²) >= 11 is 5.86. The van der Waals surface area contributed by atoms with E-state index in [4.69, 9.17) is 11.6 Å². The van der Waals surface area contributed by atoms with Crippen molar-refractivity contribution in [3.8, 4) is 0 Å². The Kier molecular flexibility index (Phi) is 7.82. The largest absolute Gasteiger partial charge is 0.508 e. The molecule has 2 atom stereocenters. The van der Waals surface area contributed by atoms with Crippen molar-refractivity contribution in [2.45, 2.75) is 57.1 Å². The van der Waals surface area contributed by atoms with Gasteiger partial charge in [-0.3, -0.25) is 0 Å². The minimum Gasteiger partial charge on any atom is -0.313 e. The van der Waals surface area contributed by atoms with Gasteiger partial charge >= 0.3 is 8.03 Å². The van der Waals surface area contributed by atoms with E-state index in [1.807, 2.05) is 24.3 Å². The summed E-state index contributed by atoms with van der Waals surface area (Å²) in [6.45, 7) is 1.70. The lowest BCUT2D eigenvalue weighted by molar-refractivity contribution is 0.319. The van der Waals surface area contributed by atoms with Crippen LogP contribution in [0.25, 0.3) is 0 Å². The minimum atomic E-state index is -2.05. The third-order valence-corrected chi connectivity index (χ3v) is 6.07. The van der Waals surface area contributed by atoms with Gasteiger partial charge in [-0.1, -0.05) is 43.0 Å². The van der Waals surface area contributed by atoms with E-state index in [2.05, 4.69) is 5.32 Å². The smallest absolute Gasteiger partial charge is 0.313 e. The molecule has 5 heteroatoms. The highest BCUT2D eigenvalue weighted by atomic mass is 35.5. The molecule has 0 amide bonds. The molecule has 1 saturated carbocycles. The molecule has 0 spiro atoms. The molecule has 22 heavy (non-hydrogen) atoms. The van der Waals surface area contributed by atoms with E-state index in [1.54, 1.807) is 0 Å². The summed E-state index contributed by atoms with van der Waals surface area (Å²) < 4.78 is 11.6. The molecule has 0 bridgehead atoms. The van der Waals surface area contributed by atoms with Gasteiger partial charge in [-0.15, -0.1) is 0 Å². The highest BCUT2D eigenvalue weighted by Crippen LogP contribution is 2.39. The predicted molar refractivity (Wildman–Crippen MR) is 92.6 cm³/mol. The van der Waals surface area contributed by atoms with Gasteiger partial charge in [-0.25, -0.2) is 0 Å². The lowest BCUT2D eigenvalue weighted by Crippen LogP contribution is -2.22. The quantitative estimate of drug-likeness (QED) is 0.522. The molecule has 1 aliphatic carbocycles. The van der Waals surface area contributed by atoms with Crippen LogP contribution in [0.3, 0.4) is 0 Å². The molecule has 1 aliphatic rings. The molecule has 2 rings (SSSR count). The Balaban J connectivity index is 1.67. The van der Waals surface area contributed by atoms with E-state index in [0.717, 1.165) is 43.8 Å². The Hall–Kier alpha value is -0.470. The number of benzene rings is 1. The standard InChI is InChI=1S/C17H25ClNO2P/c18-16-10-8-14(9-11-16)13-19-12-4-7-17(22(20)21)15-5-2-1-3-6-15/h8-11,15,17,19H,1-7,12-13H2/p+1. The third kappa shape index (κ3) is 5.96. The van der Waals surface area contributed by atoms with Crippen molar-refractivity contribution >= 4 is 19.6 Å². The summed E-state index contributed by atoms with van der Waals surface area (Å²) in [4.78, 5) is 9.60. The van der Waals surface area contributed by atoms with Gasteiger partial charge in [0.2, 0.25) is 0 Å². The van der Waals surface area contributed by atoms with Crippen LogP contribution in [0, 0.1) is 5.92 Å². The van der Waals surface area contributed by atoms with Crippen molar-refractivity contribution < 1.29 is 9.46 Å². The van der Waals surface area contributed by atoms with E-state index in [1.165, 1.54) is 24.8 Å². The van der Waals surface area contributed by atoms with E-state index in [-0.39, 0.29) is 5.66 Å². The van der Waals surface area contributed by atoms with E-state index < -0.39 is 8.03 Å². The second-order valence-electron chi connectivity index (χ2n) is 6.21. The maximum absolute atomic E-state index is 11.6. The van der Waals surface area contributed by atoms with Gasteiger partial charge in [-0.2, -0.15) is 4.89 Å². The molecule has 1 aromatic carbocycles. The summed E-state index contributed by atoms with van der Waals surface area (Å²) in [5, 5.41) is 4.15. The Labute approximate surface area is 139 Å². The van der Waals surface area contributed by atoms with Gasteiger partial charge in [0.15, 0.2) is 5.66 Å². The lowest BCUT2D eigenvalue weighted by Gasteiger charge is -2.22. The van der Waals surface area contributed by atoms with Crippen molar-refractivity contribution in [3.63, 3.8) is 0 Å². The topological polar surface area (TPSA) is 49.3 Å². The Bertz CT molecular complexity index is 460. The van der Waals surface area contributed by atoms with E-state index >= 15 is 0 Å². The average molecular weight is 343 g/mol. The number of hydrogen-bond acceptors (Lipinski definition) is 2. The molecular formula is C17H26ClNO2P+. The third-order valence-electron chi connectivity index (χ3n) is 4.57. The minimum absolute atomic E-state index is 0.00682. The van der Waals surface area contributed by atoms with Crippen LogP contribution in [-0.2, 0) is 11.1 Å². The van der Waals surface area contributed by atoms with Gasteiger partial charge in [0.05, 0.1) is 0 Å². The van der Waals surface area contributed by atoms with Crippen LogP contribution in [0.15, 0.2) is 24.3 Å². The fourth-order valence-electron chi connectivity index (χ4n) is 3.32. The highest BCUT2D eigenvalue weighted by molar-refractivity contribution is 7.38. The fraction of sp³-hybridized carbons (Fsp3) is 0.647. The van der Waals surface area contributed by atoms with Crippen LogP contribution >= 0.6 is 19.6 Å². The summed E-state index contributed by atoms with van der Waals surface area (Å²) in [5.41, 5.74) is 1.20. The monoisotopic (exact) mass is 342 g/mol. The van der Waals surface area contributed by atoms with Crippen molar-refractivity contribution in [2.75, 3.05) is 6.54 Å². The summed E-state index contributed by atoms with van der Waals surface area (Å²) in [7, 11) is -2.05. The number of hydrogen-bond donors (Lipinski definition) is 2. The normalized spacial score (nSPS) is 18.2. The molecule has 1 aromatic rings. The summed E-state index contributed by atoms with van der Waals surface area (Å²) in [6.07, 6.45) is 7.79. The Morgan fingerprint density at radius 3 is 2.55 bits per heavy atom. The van der Waals surface area contributed by atoms with Crippen molar-refractivity contribution in [2.24, 2.45) is 5.92 Å². The van der Waals surface area contributed by atoms with Crippen molar-refractivity contribution in [1.29, 1.82) is 0 Å². The summed E-state index contributed by atoms with van der Waals surface area (Å²) in [6, 6.07) is 7.83. The second-order valence-corrected chi connectivity index (χ2v) is 7.92. The van der Waals surface area contributed by atoms with Gasteiger partial charge in [-0.05, 0) is 54.5 Å². The highest BCUT2D eigenvalue weighted by Gasteiger charge is 2.37. The van der Waals surface area contributed by atoms with Crippen LogP contribution in [0.1, 0.15) is 50.5 Å². The zero-order chi connectivity index (χ0) is 15.8. The van der Waals surface area contributed by atoms with E-state index in [9.17, 15) is 9.46 Å². The van der Waals surface area contributed by atoms with Gasteiger partial charge < -0.3 is 5.32 Å². The molecule has 2 unspecified atom stereocenters. The molecule has 2 N–H and O–H groups in total. The number of rotatable bonds is 8. The van der Waals surface area contributed by atoms with Crippen molar-refractivity contribution in [3.05, 3.63) is 34.9 Å². The first-order chi connectivity index (χ1) is 10.7. The molecule has 0 radical (unpaired) electrons. The van der Waals surface area contributed by atoms with Crippen molar-refractivity contribution in [1.82, 2.24) is 5.32 Å². The fourth-order valence-corrected chi connectivity index (χ4v) is 4.50. The first-order valence-corrected chi connectivity index (χ1v) is 9.93. The molecule has 0 aromatic heterocycles. The SMILES string of the molecule is O=[P+](O)C(CCCNCc1ccc(Cl)cc1)C1CCCCC1. The van der Waals surface area contributed by atoms with E-state index in [0.29, 0.717) is 5.92 Å². The van der Waals surface area contributed by atoms with Crippen LogP contribution in [-0.4, -0.2) is 17.1 Å². The van der Waals surface area contributed by atoms with Gasteiger partial charge in [0.1, 0.15) is 0 Å². The first kappa shape index (κ1) is 17.9. The van der Waals surface area contributed by atoms with Crippen LogP contribution < -0.4 is 5.32 Å². The lowest BCUT2D eigenvalue weighted by atomic mass is 9.85. The Morgan fingerprint density at radius 2 is 1.91 bits per heavy atom. The number of nitrogens with one attached hydrogen (secondary N) is 1. The molecule has 3 nitrogen and oxygen atoms in total. The summed E-state index contributed by atoms with van der Waals surface area (Å²) in [5.74, 6) is 0.457. The molecule has 0 saturated heterocycles. The zero-order valence-corrected chi connectivity index (χ0v) is 14.7. The maximum Gasteiger partial charge on any atom is 0.508 e. The maximum atomic E-state index is 11.6. The zero-order valence-electron chi connectivity index (χ0n) is 13.0. The van der Waals surface area contributed by atoms with Gasteiger partial charge in [0, 0.05) is 17.5 Å². The number of halogens is 1. The molecule has 0 heterocycles. The van der Waals surface area contributed by atoms with Crippen LogP contribution in [0.2, 0.25) is 5.02 Å². The second kappa shape index (κ2) is 9.62. The first-order valence-electron chi connectivity index (χ1n) is 8.27. The molecule has 0 aliphatic heterocycles.